The molecule has 0 fully saturated rings. The van der Waals surface area contributed by atoms with Gasteiger partial charge in [0.1, 0.15) is 11.9 Å². The first-order chi connectivity index (χ1) is 7.06. The lowest BCUT2D eigenvalue weighted by Crippen LogP contribution is -2.19. The van der Waals surface area contributed by atoms with Crippen LogP contribution in [0.25, 0.3) is 0 Å². The van der Waals surface area contributed by atoms with Gasteiger partial charge in [0, 0.05) is 5.33 Å². The molecule has 1 aromatic rings. The fourth-order valence-electron chi connectivity index (χ4n) is 1.45. The minimum atomic E-state index is -0.955. The number of hydrogen-bond donors (Lipinski definition) is 2. The summed E-state index contributed by atoms with van der Waals surface area (Å²) in [6.45, 7) is 1.71. The van der Waals surface area contributed by atoms with Gasteiger partial charge in [-0.1, -0.05) is 22.0 Å². The second-order valence-corrected chi connectivity index (χ2v) is 4.28. The molecular formula is C11H14BrFO2. The van der Waals surface area contributed by atoms with Crippen molar-refractivity contribution < 1.29 is 14.6 Å². The van der Waals surface area contributed by atoms with Gasteiger partial charge in [-0.25, -0.2) is 4.39 Å². The van der Waals surface area contributed by atoms with Crippen molar-refractivity contribution in [2.45, 2.75) is 25.6 Å². The van der Waals surface area contributed by atoms with Gasteiger partial charge in [0.05, 0.1) is 6.10 Å². The van der Waals surface area contributed by atoms with Crippen LogP contribution < -0.4 is 0 Å². The lowest BCUT2D eigenvalue weighted by Gasteiger charge is -2.19. The van der Waals surface area contributed by atoms with Crippen LogP contribution in [0.15, 0.2) is 18.2 Å². The second-order valence-electron chi connectivity index (χ2n) is 3.49. The largest absolute Gasteiger partial charge is 0.390 e. The van der Waals surface area contributed by atoms with E-state index in [1.165, 1.54) is 18.2 Å². The van der Waals surface area contributed by atoms with Crippen LogP contribution in [0.5, 0.6) is 0 Å². The number of benzene rings is 1. The quantitative estimate of drug-likeness (QED) is 0.829. The lowest BCUT2D eigenvalue weighted by molar-refractivity contribution is 0.0169. The molecule has 84 valence electrons. The molecule has 0 amide bonds. The topological polar surface area (TPSA) is 40.5 Å². The highest BCUT2D eigenvalue weighted by Gasteiger charge is 2.19. The van der Waals surface area contributed by atoms with E-state index >= 15 is 0 Å². The van der Waals surface area contributed by atoms with E-state index in [9.17, 15) is 14.6 Å². The molecule has 0 aliphatic rings. The minimum absolute atomic E-state index is 0.335. The van der Waals surface area contributed by atoms with Crippen LogP contribution in [-0.4, -0.2) is 21.6 Å². The molecule has 1 aromatic carbocycles. The molecular weight excluding hydrogens is 263 g/mol. The van der Waals surface area contributed by atoms with Crippen LogP contribution in [0, 0.1) is 12.7 Å². The van der Waals surface area contributed by atoms with Crippen molar-refractivity contribution in [1.82, 2.24) is 0 Å². The molecule has 0 saturated heterocycles. The Hall–Kier alpha value is -0.450. The van der Waals surface area contributed by atoms with Crippen molar-refractivity contribution in [2.24, 2.45) is 0 Å². The molecule has 2 unspecified atom stereocenters. The van der Waals surface area contributed by atoms with Gasteiger partial charge in [-0.2, -0.15) is 0 Å². The van der Waals surface area contributed by atoms with Gasteiger partial charge in [-0.15, -0.1) is 0 Å². The zero-order chi connectivity index (χ0) is 11.4. The molecule has 2 atom stereocenters. The Balaban J connectivity index is 2.86. The second kappa shape index (κ2) is 5.58. The predicted octanol–water partition coefficient (Wildman–Crippen LogP) is 2.31. The van der Waals surface area contributed by atoms with Crippen LogP contribution in [0.1, 0.15) is 23.7 Å². The highest BCUT2D eigenvalue weighted by atomic mass is 79.9. The molecule has 0 bridgehead atoms. The molecule has 15 heavy (non-hydrogen) atoms. The highest BCUT2D eigenvalue weighted by Crippen LogP contribution is 2.23. The molecule has 0 aliphatic carbocycles. The summed E-state index contributed by atoms with van der Waals surface area (Å²) in [5.41, 5.74) is 1.22. The van der Waals surface area contributed by atoms with E-state index in [-0.39, 0.29) is 5.82 Å². The Morgan fingerprint density at radius 2 is 2.07 bits per heavy atom. The van der Waals surface area contributed by atoms with Crippen molar-refractivity contribution in [3.8, 4) is 0 Å². The molecule has 0 radical (unpaired) electrons. The minimum Gasteiger partial charge on any atom is -0.390 e. The van der Waals surface area contributed by atoms with E-state index < -0.39 is 12.2 Å². The Morgan fingerprint density at radius 3 is 2.60 bits per heavy atom. The van der Waals surface area contributed by atoms with Crippen LogP contribution in [-0.2, 0) is 0 Å². The summed E-state index contributed by atoms with van der Waals surface area (Å²) in [6.07, 6.45) is -1.32. The SMILES string of the molecule is Cc1cc(F)ccc1C(O)C(O)CCBr. The number of halogens is 2. The zero-order valence-electron chi connectivity index (χ0n) is 8.45. The van der Waals surface area contributed by atoms with Crippen LogP contribution in [0.3, 0.4) is 0 Å². The summed E-state index contributed by atoms with van der Waals surface area (Å²) in [5.74, 6) is -0.335. The van der Waals surface area contributed by atoms with E-state index in [0.717, 1.165) is 0 Å². The van der Waals surface area contributed by atoms with Gasteiger partial charge >= 0.3 is 0 Å². The van der Waals surface area contributed by atoms with Gasteiger partial charge < -0.3 is 10.2 Å². The third-order valence-corrected chi connectivity index (χ3v) is 2.78. The Morgan fingerprint density at radius 1 is 1.40 bits per heavy atom. The summed E-state index contributed by atoms with van der Waals surface area (Å²) in [5, 5.41) is 20.0. The van der Waals surface area contributed by atoms with Gasteiger partial charge in [0.15, 0.2) is 0 Å². The van der Waals surface area contributed by atoms with Crippen LogP contribution in [0.4, 0.5) is 4.39 Å². The van der Waals surface area contributed by atoms with Crippen molar-refractivity contribution in [2.75, 3.05) is 5.33 Å². The summed E-state index contributed by atoms with van der Waals surface area (Å²) < 4.78 is 12.8. The number of rotatable bonds is 4. The average Bonchev–Trinajstić information content (AvgIpc) is 2.17. The summed E-state index contributed by atoms with van der Waals surface area (Å²) >= 11 is 3.19. The van der Waals surface area contributed by atoms with E-state index in [1.807, 2.05) is 0 Å². The Kier molecular flexibility index (Phi) is 4.70. The number of aliphatic hydroxyl groups is 2. The van der Waals surface area contributed by atoms with Crippen molar-refractivity contribution in [3.63, 3.8) is 0 Å². The number of aliphatic hydroxyl groups excluding tert-OH is 2. The monoisotopic (exact) mass is 276 g/mol. The first kappa shape index (κ1) is 12.6. The van der Waals surface area contributed by atoms with Gasteiger partial charge in [-0.05, 0) is 36.6 Å². The summed E-state index contributed by atoms with van der Waals surface area (Å²) in [7, 11) is 0. The van der Waals surface area contributed by atoms with E-state index in [0.29, 0.717) is 22.9 Å². The maximum absolute atomic E-state index is 12.8. The molecule has 0 saturated carbocycles. The smallest absolute Gasteiger partial charge is 0.123 e. The number of hydrogen-bond acceptors (Lipinski definition) is 2. The lowest BCUT2D eigenvalue weighted by atomic mass is 9.98. The third kappa shape index (κ3) is 3.26. The summed E-state index contributed by atoms with van der Waals surface area (Å²) in [4.78, 5) is 0. The Bertz CT molecular complexity index is 330. The van der Waals surface area contributed by atoms with Gasteiger partial charge in [0.2, 0.25) is 0 Å². The fourth-order valence-corrected chi connectivity index (χ4v) is 1.92. The van der Waals surface area contributed by atoms with Gasteiger partial charge in [-0.3, -0.25) is 0 Å². The predicted molar refractivity (Wildman–Crippen MR) is 60.5 cm³/mol. The average molecular weight is 277 g/mol. The van der Waals surface area contributed by atoms with Gasteiger partial charge in [0.25, 0.3) is 0 Å². The van der Waals surface area contributed by atoms with Crippen molar-refractivity contribution >= 4 is 15.9 Å². The van der Waals surface area contributed by atoms with Crippen molar-refractivity contribution in [1.29, 1.82) is 0 Å². The number of aryl methyl sites for hydroxylation is 1. The standard InChI is InChI=1S/C11H14BrFO2/c1-7-6-8(13)2-3-9(7)11(15)10(14)4-5-12/h2-3,6,10-11,14-15H,4-5H2,1H3. The number of alkyl halides is 1. The first-order valence-electron chi connectivity index (χ1n) is 4.74. The first-order valence-corrected chi connectivity index (χ1v) is 5.86. The van der Waals surface area contributed by atoms with Crippen LogP contribution in [0.2, 0.25) is 0 Å². The molecule has 4 heteroatoms. The summed E-state index contributed by atoms with van der Waals surface area (Å²) in [6, 6.07) is 4.14. The highest BCUT2D eigenvalue weighted by molar-refractivity contribution is 9.09. The fraction of sp³-hybridized carbons (Fsp3) is 0.455. The molecule has 1 rings (SSSR count). The van der Waals surface area contributed by atoms with E-state index in [1.54, 1.807) is 6.92 Å². The molecule has 0 aromatic heterocycles. The normalized spacial score (nSPS) is 15.0. The van der Waals surface area contributed by atoms with Crippen molar-refractivity contribution in [3.05, 3.63) is 35.1 Å². The van der Waals surface area contributed by atoms with Crippen LogP contribution >= 0.6 is 15.9 Å². The third-order valence-electron chi connectivity index (χ3n) is 2.32. The molecule has 2 nitrogen and oxygen atoms in total. The zero-order valence-corrected chi connectivity index (χ0v) is 10.0. The molecule has 0 spiro atoms. The molecule has 0 heterocycles. The maximum Gasteiger partial charge on any atom is 0.123 e. The van der Waals surface area contributed by atoms with E-state index in [2.05, 4.69) is 15.9 Å². The Labute approximate surface area is 96.9 Å². The molecule has 2 N–H and O–H groups in total. The van der Waals surface area contributed by atoms with E-state index in [4.69, 9.17) is 0 Å². The molecule has 0 aliphatic heterocycles. The maximum atomic E-state index is 12.8.